The van der Waals surface area contributed by atoms with Crippen LogP contribution in [0.15, 0.2) is 97.8 Å². The Labute approximate surface area is 207 Å². The zero-order valence-electron chi connectivity index (χ0n) is 19.8. The first kappa shape index (κ1) is 21.5. The summed E-state index contributed by atoms with van der Waals surface area (Å²) in [6.45, 7) is 1.51. The van der Waals surface area contributed by atoms with Gasteiger partial charge in [-0.25, -0.2) is 9.67 Å². The molecule has 3 aromatic heterocycles. The Hall–Kier alpha value is -4.98. The molecule has 1 amide bonds. The molecule has 3 heterocycles. The van der Waals surface area contributed by atoms with Crippen LogP contribution in [0.25, 0.3) is 44.7 Å². The zero-order valence-corrected chi connectivity index (χ0v) is 19.8. The molecule has 1 N–H and O–H groups in total. The van der Waals surface area contributed by atoms with Gasteiger partial charge < -0.3 is 5.32 Å². The number of amides is 1. The summed E-state index contributed by atoms with van der Waals surface area (Å²) in [5.41, 5.74) is 8.51. The van der Waals surface area contributed by atoms with Crippen molar-refractivity contribution >= 4 is 22.6 Å². The molecule has 0 unspecified atom stereocenters. The van der Waals surface area contributed by atoms with Gasteiger partial charge in [-0.05, 0) is 65.2 Å². The van der Waals surface area contributed by atoms with Crippen LogP contribution < -0.4 is 5.32 Å². The number of carbonyl (C=O) groups excluding carboxylic acids is 1. The molecular weight excluding hydrogens is 450 g/mol. The molecule has 0 spiro atoms. The first-order valence-corrected chi connectivity index (χ1v) is 11.5. The molecule has 0 saturated carbocycles. The lowest BCUT2D eigenvalue weighted by molar-refractivity contribution is -0.114. The number of fused-ring (bicyclic) bond motifs is 1. The number of anilines is 1. The second-order valence-electron chi connectivity index (χ2n) is 8.67. The fourth-order valence-corrected chi connectivity index (χ4v) is 4.41. The van der Waals surface area contributed by atoms with Gasteiger partial charge in [0.2, 0.25) is 5.91 Å². The van der Waals surface area contributed by atoms with Crippen molar-refractivity contribution < 1.29 is 4.79 Å². The maximum absolute atomic E-state index is 11.9. The number of rotatable bonds is 5. The van der Waals surface area contributed by atoms with Crippen molar-refractivity contribution in [2.24, 2.45) is 7.05 Å². The summed E-state index contributed by atoms with van der Waals surface area (Å²) in [6, 6.07) is 22.3. The molecule has 0 bridgehead atoms. The highest BCUT2D eigenvalue weighted by molar-refractivity contribution is 5.91. The Balaban J connectivity index is 1.45. The summed E-state index contributed by atoms with van der Waals surface area (Å²) < 4.78 is 5.65. The Morgan fingerprint density at radius 2 is 1.72 bits per heavy atom. The van der Waals surface area contributed by atoms with E-state index in [0.29, 0.717) is 5.69 Å². The average molecular weight is 474 g/mol. The fourth-order valence-electron chi connectivity index (χ4n) is 4.41. The van der Waals surface area contributed by atoms with Crippen LogP contribution in [0.3, 0.4) is 0 Å². The molecule has 176 valence electrons. The van der Waals surface area contributed by atoms with Crippen LogP contribution in [-0.4, -0.2) is 35.0 Å². The molecule has 3 aromatic carbocycles. The Morgan fingerprint density at radius 3 is 2.50 bits per heavy atom. The normalized spacial score (nSPS) is 11.2. The first-order chi connectivity index (χ1) is 17.5. The smallest absolute Gasteiger partial charge is 0.221 e. The Morgan fingerprint density at radius 1 is 0.861 bits per heavy atom. The molecule has 6 rings (SSSR count). The van der Waals surface area contributed by atoms with E-state index in [1.54, 1.807) is 10.9 Å². The van der Waals surface area contributed by atoms with Gasteiger partial charge in [0.1, 0.15) is 6.33 Å². The number of carbonyl (C=O) groups is 1. The number of hydrogen-bond acceptors (Lipinski definition) is 4. The molecule has 0 aliphatic rings. The van der Waals surface area contributed by atoms with Crippen LogP contribution in [0, 0.1) is 0 Å². The second-order valence-corrected chi connectivity index (χ2v) is 8.67. The average Bonchev–Trinajstić information content (AvgIpc) is 3.64. The van der Waals surface area contributed by atoms with Gasteiger partial charge in [-0.3, -0.25) is 14.0 Å². The Bertz CT molecular complexity index is 1710. The molecule has 6 aromatic rings. The van der Waals surface area contributed by atoms with E-state index in [1.807, 2.05) is 71.5 Å². The summed E-state index contributed by atoms with van der Waals surface area (Å²) in [5, 5.41) is 11.6. The molecule has 0 aliphatic carbocycles. The molecule has 0 fully saturated rings. The van der Waals surface area contributed by atoms with Crippen molar-refractivity contribution in [2.75, 3.05) is 5.32 Å². The predicted molar refractivity (Wildman–Crippen MR) is 140 cm³/mol. The largest absolute Gasteiger partial charge is 0.326 e. The molecule has 8 heteroatoms. The number of aromatic nitrogens is 6. The maximum Gasteiger partial charge on any atom is 0.221 e. The quantitative estimate of drug-likeness (QED) is 0.371. The van der Waals surface area contributed by atoms with E-state index in [-0.39, 0.29) is 5.91 Å². The van der Waals surface area contributed by atoms with E-state index in [0.717, 1.165) is 44.7 Å². The topological polar surface area (TPSA) is 82.6 Å². The molecule has 0 radical (unpaired) electrons. The van der Waals surface area contributed by atoms with Crippen molar-refractivity contribution in [3.63, 3.8) is 0 Å². The van der Waals surface area contributed by atoms with Crippen LogP contribution in [0.5, 0.6) is 0 Å². The van der Waals surface area contributed by atoms with Crippen LogP contribution >= 0.6 is 0 Å². The number of hydrogen-bond donors (Lipinski definition) is 1. The highest BCUT2D eigenvalue weighted by atomic mass is 16.1. The standard InChI is InChI=1S/C28H23N7O/c1-19(36)32-24-11-22(20-5-3-6-25(12-20)35-10-4-9-30-35)13-26(15-24)34-18-29-27-14-21(7-8-28(27)34)23-16-31-33(2)17-23/h3-18H,1-2H3,(H,32,36). The second kappa shape index (κ2) is 8.66. The van der Waals surface area contributed by atoms with Gasteiger partial charge >= 0.3 is 0 Å². The number of aryl methyl sites for hydroxylation is 1. The SMILES string of the molecule is CC(=O)Nc1cc(-c2cccc(-n3cccn3)c2)cc(-n2cnc3cc(-c4cnn(C)c4)ccc32)c1. The number of benzene rings is 3. The minimum Gasteiger partial charge on any atom is -0.326 e. The zero-order chi connectivity index (χ0) is 24.6. The summed E-state index contributed by atoms with van der Waals surface area (Å²) in [4.78, 5) is 16.6. The number of nitrogens with one attached hydrogen (secondary N) is 1. The van der Waals surface area contributed by atoms with Crippen LogP contribution in [0.1, 0.15) is 6.92 Å². The van der Waals surface area contributed by atoms with Crippen molar-refractivity contribution in [3.05, 3.63) is 97.8 Å². The van der Waals surface area contributed by atoms with E-state index in [4.69, 9.17) is 0 Å². The van der Waals surface area contributed by atoms with Gasteiger partial charge in [-0.15, -0.1) is 0 Å². The van der Waals surface area contributed by atoms with Gasteiger partial charge in [0, 0.05) is 49.5 Å². The van der Waals surface area contributed by atoms with E-state index >= 15 is 0 Å². The third kappa shape index (κ3) is 4.05. The lowest BCUT2D eigenvalue weighted by atomic mass is 10.0. The monoisotopic (exact) mass is 473 g/mol. The van der Waals surface area contributed by atoms with Crippen LogP contribution in [0.4, 0.5) is 5.69 Å². The van der Waals surface area contributed by atoms with Crippen LogP contribution in [-0.2, 0) is 11.8 Å². The lowest BCUT2D eigenvalue weighted by Gasteiger charge is -2.13. The van der Waals surface area contributed by atoms with E-state index in [2.05, 4.69) is 56.9 Å². The molecule has 0 atom stereocenters. The highest BCUT2D eigenvalue weighted by Gasteiger charge is 2.12. The third-order valence-corrected chi connectivity index (χ3v) is 6.05. The number of imidazole rings is 1. The molecular formula is C28H23N7O. The summed E-state index contributed by atoms with van der Waals surface area (Å²) in [7, 11) is 1.90. The minimum absolute atomic E-state index is 0.125. The summed E-state index contributed by atoms with van der Waals surface area (Å²) in [6.07, 6.45) is 9.31. The van der Waals surface area contributed by atoms with Gasteiger partial charge in [-0.2, -0.15) is 10.2 Å². The minimum atomic E-state index is -0.125. The highest BCUT2D eigenvalue weighted by Crippen LogP contribution is 2.31. The molecule has 0 aliphatic heterocycles. The van der Waals surface area contributed by atoms with Crippen molar-refractivity contribution in [2.45, 2.75) is 6.92 Å². The third-order valence-electron chi connectivity index (χ3n) is 6.05. The van der Waals surface area contributed by atoms with Gasteiger partial charge in [-0.1, -0.05) is 18.2 Å². The molecule has 0 saturated heterocycles. The van der Waals surface area contributed by atoms with Gasteiger partial charge in [0.25, 0.3) is 0 Å². The first-order valence-electron chi connectivity index (χ1n) is 11.5. The Kier molecular flexibility index (Phi) is 5.19. The predicted octanol–water partition coefficient (Wildman–Crippen LogP) is 5.24. The van der Waals surface area contributed by atoms with Crippen molar-refractivity contribution in [3.8, 4) is 33.6 Å². The van der Waals surface area contributed by atoms with E-state index in [9.17, 15) is 4.79 Å². The van der Waals surface area contributed by atoms with Gasteiger partial charge in [0.15, 0.2) is 0 Å². The van der Waals surface area contributed by atoms with Crippen molar-refractivity contribution in [1.29, 1.82) is 0 Å². The fraction of sp³-hybridized carbons (Fsp3) is 0.0714. The lowest BCUT2D eigenvalue weighted by Crippen LogP contribution is -2.06. The summed E-state index contributed by atoms with van der Waals surface area (Å²) in [5.74, 6) is -0.125. The number of nitrogens with zero attached hydrogens (tertiary/aromatic N) is 6. The van der Waals surface area contributed by atoms with Gasteiger partial charge in [0.05, 0.1) is 22.9 Å². The van der Waals surface area contributed by atoms with E-state index in [1.165, 1.54) is 6.92 Å². The molecule has 36 heavy (non-hydrogen) atoms. The van der Waals surface area contributed by atoms with Crippen LogP contribution in [0.2, 0.25) is 0 Å². The molecule has 8 nitrogen and oxygen atoms in total. The van der Waals surface area contributed by atoms with E-state index < -0.39 is 0 Å². The van der Waals surface area contributed by atoms with Crippen molar-refractivity contribution in [1.82, 2.24) is 29.1 Å². The summed E-state index contributed by atoms with van der Waals surface area (Å²) >= 11 is 0. The maximum atomic E-state index is 11.9.